The normalized spacial score (nSPS) is 11.6. The zero-order chi connectivity index (χ0) is 95.6. The van der Waals surface area contributed by atoms with Gasteiger partial charge in [0.05, 0.1) is 156 Å². The third-order valence-corrected chi connectivity index (χ3v) is 24.5. The Balaban J connectivity index is 0.000000168. The maximum absolute atomic E-state index is 13.1. The van der Waals surface area contributed by atoms with Crippen LogP contribution >= 0.6 is 0 Å². The Morgan fingerprint density at radius 1 is 0.302 bits per heavy atom. The molecule has 6 aliphatic rings. The van der Waals surface area contributed by atoms with Crippen molar-refractivity contribution < 1.29 is 120 Å². The van der Waals surface area contributed by atoms with Gasteiger partial charge in [0, 0.05) is 49.5 Å². The molecule has 24 bridgehead atoms. The van der Waals surface area contributed by atoms with E-state index in [1.807, 2.05) is 182 Å². The number of benzene rings is 4. The molecule has 4 aromatic carbocycles. The molecule has 9 aromatic heterocycles. The van der Waals surface area contributed by atoms with Crippen molar-refractivity contribution in [3.8, 4) is 44.5 Å². The number of aromatic nitrogens is 12. The van der Waals surface area contributed by atoms with E-state index in [2.05, 4.69) is 19.9 Å². The molecule has 0 amide bonds. The maximum atomic E-state index is 13.1. The van der Waals surface area contributed by atoms with E-state index in [1.54, 1.807) is 121 Å². The largest absolute Gasteiger partial charge is 3.00 e. The second kappa shape index (κ2) is 41.6. The first kappa shape index (κ1) is 98.2. The van der Waals surface area contributed by atoms with Crippen LogP contribution in [0, 0.1) is 13.8 Å². The molecule has 0 atom stereocenters. The molecule has 0 saturated heterocycles. The van der Waals surface area contributed by atoms with Gasteiger partial charge in [0.25, 0.3) is 0 Å². The summed E-state index contributed by atoms with van der Waals surface area (Å²) < 4.78 is 37.6. The third-order valence-electron chi connectivity index (χ3n) is 24.5. The summed E-state index contributed by atoms with van der Waals surface area (Å²) >= 11 is 0. The summed E-state index contributed by atoms with van der Waals surface area (Å²) in [5.74, 6) is -2.62. The second-order valence-electron chi connectivity index (χ2n) is 32.0. The summed E-state index contributed by atoms with van der Waals surface area (Å²) in [7, 11) is 15.8. The number of hydrogen-bond acceptors (Lipinski definition) is 20. The van der Waals surface area contributed by atoms with Gasteiger partial charge in [-0.1, -0.05) is 129 Å². The fourth-order valence-electron chi connectivity index (χ4n) is 17.3. The molecule has 0 aliphatic carbocycles. The molecule has 0 fully saturated rings. The van der Waals surface area contributed by atoms with Crippen molar-refractivity contribution in [2.75, 3.05) is 42.7 Å². The number of carbonyl (C=O) groups is 10. The van der Waals surface area contributed by atoms with Gasteiger partial charge in [0.1, 0.15) is 25.2 Å². The fraction of sp³-hybridized carbons (Fsp3) is 0.138. The zero-order valence-corrected chi connectivity index (χ0v) is 78.8. The Labute approximate surface area is 817 Å². The number of aldehydes is 4. The van der Waals surface area contributed by atoms with E-state index in [4.69, 9.17) is 48.4 Å². The van der Waals surface area contributed by atoms with Gasteiger partial charge >= 0.3 is 70.0 Å². The van der Waals surface area contributed by atoms with Gasteiger partial charge < -0.3 is 57.5 Å². The first-order chi connectivity index (χ1) is 65.9. The van der Waals surface area contributed by atoms with Crippen molar-refractivity contribution in [2.24, 2.45) is 28.2 Å². The van der Waals surface area contributed by atoms with Crippen LogP contribution in [-0.2, 0) is 113 Å². The molecular formula is C109H88Mn2N12O16+4. The SMILES string of the molecule is C.COC(=O)Cc1ccc(-c2c3[n+](C)c(c(C=O)c4ccc(c(-c5ccc(CC(=O)OC)cc5)c5[n+](C)c(c(C=O)c6ccc2n6C)C=C5)n4C)C=C3)cc1.COC(=O)c1c2nc(c(C)c3ccc([n-]3)c(C(=O)OC)c3nc(c(C)c4ccc1[n-]4)C=C3)C=C2.COC(=O)c1ccc(-c2c3nc(c(C=O)c4ccc([n-]4)c(-c4ccc(C(=O)OC)cc4)c4nc(c(C=O)c5ccc2[n-]5)C=C4)C=C3)cc1.[Mn+3].[Mn+3]. The van der Waals surface area contributed by atoms with Crippen molar-refractivity contribution in [3.63, 3.8) is 0 Å². The Kier molecular flexibility index (Phi) is 29.4. The zero-order valence-electron chi connectivity index (χ0n) is 76.5. The molecule has 19 rings (SSSR count). The van der Waals surface area contributed by atoms with Gasteiger partial charge in [-0.2, -0.15) is 9.13 Å². The van der Waals surface area contributed by atoms with Crippen LogP contribution in [0.15, 0.2) is 170 Å². The van der Waals surface area contributed by atoms with Crippen LogP contribution < -0.4 is 29.1 Å². The number of aryl methyl sites for hydroxylation is 4. The van der Waals surface area contributed by atoms with Gasteiger partial charge in [-0.15, -0.1) is 44.1 Å². The second-order valence-corrected chi connectivity index (χ2v) is 32.0. The minimum atomic E-state index is -0.523. The number of nitrogens with zero attached hydrogens (tertiary/aromatic N) is 12. The van der Waals surface area contributed by atoms with Crippen molar-refractivity contribution in [1.82, 2.24) is 49.0 Å². The minimum absolute atomic E-state index is 0. The smallest absolute Gasteiger partial charge is 0.657 e. The average Bonchev–Trinajstić information content (AvgIpc) is 1.60. The molecule has 6 aliphatic heterocycles. The van der Waals surface area contributed by atoms with Gasteiger partial charge in [-0.05, 0) is 167 Å². The molecule has 0 saturated carbocycles. The summed E-state index contributed by atoms with van der Waals surface area (Å²) in [5.41, 5.74) is 26.8. The molecule has 30 heteroatoms. The van der Waals surface area contributed by atoms with Crippen LogP contribution in [0.1, 0.15) is 181 Å². The van der Waals surface area contributed by atoms with Gasteiger partial charge in [0.15, 0.2) is 25.1 Å². The average molecular weight is 1930 g/mol. The molecule has 0 radical (unpaired) electrons. The molecule has 139 heavy (non-hydrogen) atoms. The summed E-state index contributed by atoms with van der Waals surface area (Å²) in [6.45, 7) is 3.76. The molecule has 0 N–H and O–H groups in total. The van der Waals surface area contributed by atoms with E-state index in [0.717, 1.165) is 114 Å². The quantitative estimate of drug-likeness (QED) is 0.0285. The predicted octanol–water partition coefficient (Wildman–Crippen LogP) is 17.1. The summed E-state index contributed by atoms with van der Waals surface area (Å²) in [6, 6.07) is 51.3. The van der Waals surface area contributed by atoms with E-state index in [0.29, 0.717) is 134 Å². The number of carbonyl (C=O) groups excluding carboxylic acids is 10. The number of methoxy groups -OCH3 is 6. The van der Waals surface area contributed by atoms with Crippen LogP contribution in [0.4, 0.5) is 0 Å². The van der Waals surface area contributed by atoms with Gasteiger partial charge in [-0.25, -0.2) is 39.1 Å². The number of rotatable bonds is 16. The number of esters is 6. The number of hydrogen-bond donors (Lipinski definition) is 0. The fourth-order valence-corrected chi connectivity index (χ4v) is 17.3. The van der Waals surface area contributed by atoms with Crippen LogP contribution in [0.3, 0.4) is 0 Å². The summed E-state index contributed by atoms with van der Waals surface area (Å²) in [5, 5.41) is 0. The van der Waals surface area contributed by atoms with E-state index in [-0.39, 0.29) is 88.6 Å². The molecule has 13 aromatic rings. The Bertz CT molecular complexity index is 7610. The summed E-state index contributed by atoms with van der Waals surface area (Å²) in [6.07, 6.45) is 25.7. The molecule has 0 spiro atoms. The van der Waals surface area contributed by atoms with Crippen LogP contribution in [0.2, 0.25) is 0 Å². The Morgan fingerprint density at radius 2 is 0.583 bits per heavy atom. The first-order valence-corrected chi connectivity index (χ1v) is 42.8. The van der Waals surface area contributed by atoms with E-state index >= 15 is 0 Å². The number of fused-ring (bicyclic) bond motifs is 24. The van der Waals surface area contributed by atoms with Crippen LogP contribution in [-0.4, -0.2) is 133 Å². The van der Waals surface area contributed by atoms with Crippen molar-refractivity contribution in [1.29, 1.82) is 0 Å². The monoisotopic (exact) mass is 1930 g/mol. The van der Waals surface area contributed by atoms with Gasteiger partial charge in [-0.3, -0.25) is 28.8 Å². The topological polar surface area (TPSA) is 352 Å². The van der Waals surface area contributed by atoms with E-state index in [1.165, 1.54) is 42.7 Å². The van der Waals surface area contributed by atoms with E-state index < -0.39 is 23.9 Å². The van der Waals surface area contributed by atoms with Gasteiger partial charge in [0.2, 0.25) is 22.8 Å². The molecule has 0 unspecified atom stereocenters. The number of ether oxygens (including phenoxy) is 6. The molecule has 15 heterocycles. The molecule has 690 valence electrons. The Hall–Kier alpha value is -16.8. The standard InChI is InChI=1S/C44H40N4O6.C38H25N4O6.C26H21N4O4.CH4.2Mn/c1-45-33-15-19-37(45)43(29-11-7-27(8-12-29)23-41(51)53-5)38-20-17-35(47(38)3)32(26-50)36-18-22-40(48(36)4)44(39-21-16-34(46(39)2)31(33)25-49)30-13-9-28(10-14-30)24-42(52)54-6;1-47-37(45)23-7-3-21(4-8-23)35-31-15-11-27(39-31)25(19-43)29-13-17-33(41-29)36(22-5-9-24(10-6-22)38(46)48-2)34-18-14-30(42-34)26(20-44)28-12-16-32(35)40-28;1-13-15-5-9-19(27-15)23(25(31)33-3)21-11-7-17(29-21)14(2)18-8-12-22(30-18)24(26(32)34-4)20-10-6-16(13)28-20;;;/h7-22,25-26H,23-24H2,1-6H3;3-20H,1-2H3,(H-,39,40,41,42,43,44,45,46);5-12H,1-4H3,(H-,27,28,29,30,31,32);1H4;;/q+2;2*-1;;2*+3/p-2. The summed E-state index contributed by atoms with van der Waals surface area (Å²) in [4.78, 5) is 163. The van der Waals surface area contributed by atoms with Crippen molar-refractivity contribution in [3.05, 3.63) is 305 Å². The van der Waals surface area contributed by atoms with Crippen LogP contribution in [0.5, 0.6) is 0 Å². The maximum Gasteiger partial charge on any atom is 3.00 e. The minimum Gasteiger partial charge on any atom is -0.657 e. The predicted molar refractivity (Wildman–Crippen MR) is 525 cm³/mol. The van der Waals surface area contributed by atoms with Crippen molar-refractivity contribution in [2.45, 2.75) is 34.1 Å². The Morgan fingerprint density at radius 3 is 0.928 bits per heavy atom. The van der Waals surface area contributed by atoms with Crippen LogP contribution in [0.25, 0.3) is 184 Å². The molecular weight excluding hydrogens is 1840 g/mol. The third kappa shape index (κ3) is 18.7. The first-order valence-electron chi connectivity index (χ1n) is 42.8. The van der Waals surface area contributed by atoms with E-state index in [9.17, 15) is 47.9 Å². The van der Waals surface area contributed by atoms with Crippen molar-refractivity contribution >= 4 is 200 Å². The molecule has 28 nitrogen and oxygen atoms in total.